The Morgan fingerprint density at radius 3 is 3.17 bits per heavy atom. The smallest absolute Gasteiger partial charge is 0.328 e. The Hall–Kier alpha value is -1.89. The Morgan fingerprint density at radius 1 is 1.72 bits per heavy atom. The number of ether oxygens (including phenoxy) is 1. The van der Waals surface area contributed by atoms with E-state index in [0.29, 0.717) is 31.2 Å². The number of carboxylic acid groups (broad SMARTS) is 1. The SMILES string of the molecule is CCc1nc(N2CCOCC2C(=O)O)cc(=O)[nH]1. The molecule has 1 atom stereocenters. The van der Waals surface area contributed by atoms with Crippen molar-refractivity contribution in [3.63, 3.8) is 0 Å². The fourth-order valence-electron chi connectivity index (χ4n) is 1.89. The van der Waals surface area contributed by atoms with Crippen LogP contribution in [-0.4, -0.2) is 46.8 Å². The Morgan fingerprint density at radius 2 is 2.50 bits per heavy atom. The van der Waals surface area contributed by atoms with E-state index < -0.39 is 12.0 Å². The van der Waals surface area contributed by atoms with Crippen molar-refractivity contribution in [3.05, 3.63) is 22.2 Å². The molecule has 0 saturated carbocycles. The summed E-state index contributed by atoms with van der Waals surface area (Å²) in [5.41, 5.74) is -0.271. The second-order valence-electron chi connectivity index (χ2n) is 4.03. The molecule has 0 spiro atoms. The molecule has 1 unspecified atom stereocenters. The van der Waals surface area contributed by atoms with Gasteiger partial charge in [-0.3, -0.25) is 4.79 Å². The van der Waals surface area contributed by atoms with Gasteiger partial charge in [0.15, 0.2) is 6.04 Å². The minimum absolute atomic E-state index is 0.102. The van der Waals surface area contributed by atoms with E-state index in [1.807, 2.05) is 6.92 Å². The molecule has 2 N–H and O–H groups in total. The summed E-state index contributed by atoms with van der Waals surface area (Å²) in [4.78, 5) is 31.1. The minimum Gasteiger partial charge on any atom is -0.480 e. The van der Waals surface area contributed by atoms with Gasteiger partial charge in [0.05, 0.1) is 13.2 Å². The van der Waals surface area contributed by atoms with Gasteiger partial charge in [-0.15, -0.1) is 0 Å². The zero-order chi connectivity index (χ0) is 13.1. The van der Waals surface area contributed by atoms with Crippen molar-refractivity contribution < 1.29 is 14.6 Å². The van der Waals surface area contributed by atoms with E-state index in [2.05, 4.69) is 9.97 Å². The van der Waals surface area contributed by atoms with Crippen molar-refractivity contribution >= 4 is 11.8 Å². The molecule has 0 amide bonds. The molecule has 18 heavy (non-hydrogen) atoms. The normalized spacial score (nSPS) is 19.8. The van der Waals surface area contributed by atoms with Crippen LogP contribution in [0.2, 0.25) is 0 Å². The van der Waals surface area contributed by atoms with Gasteiger partial charge < -0.3 is 19.7 Å². The molecule has 0 aromatic carbocycles. The predicted octanol–water partition coefficient (Wildman–Crippen LogP) is -0.378. The summed E-state index contributed by atoms with van der Waals surface area (Å²) in [6.07, 6.45) is 0.588. The van der Waals surface area contributed by atoms with Gasteiger partial charge in [-0.1, -0.05) is 6.92 Å². The predicted molar refractivity (Wildman–Crippen MR) is 63.8 cm³/mol. The molecule has 1 aromatic rings. The number of carboxylic acids is 1. The van der Waals surface area contributed by atoms with Crippen molar-refractivity contribution in [2.75, 3.05) is 24.7 Å². The maximum Gasteiger partial charge on any atom is 0.328 e. The lowest BCUT2D eigenvalue weighted by atomic mass is 10.2. The van der Waals surface area contributed by atoms with Gasteiger partial charge in [0, 0.05) is 19.0 Å². The number of hydrogen-bond acceptors (Lipinski definition) is 5. The van der Waals surface area contributed by atoms with Crippen LogP contribution >= 0.6 is 0 Å². The first-order valence-corrected chi connectivity index (χ1v) is 5.79. The lowest BCUT2D eigenvalue weighted by Gasteiger charge is -2.33. The van der Waals surface area contributed by atoms with Gasteiger partial charge >= 0.3 is 5.97 Å². The monoisotopic (exact) mass is 253 g/mol. The number of morpholine rings is 1. The number of aromatic nitrogens is 2. The molecular formula is C11H15N3O4. The highest BCUT2D eigenvalue weighted by Crippen LogP contribution is 2.16. The Bertz CT molecular complexity index is 499. The molecule has 1 aliphatic heterocycles. The zero-order valence-corrected chi connectivity index (χ0v) is 10.0. The molecule has 1 aromatic heterocycles. The number of aryl methyl sites for hydroxylation is 1. The number of rotatable bonds is 3. The van der Waals surface area contributed by atoms with Crippen LogP contribution in [0.5, 0.6) is 0 Å². The molecule has 98 valence electrons. The van der Waals surface area contributed by atoms with E-state index in [4.69, 9.17) is 9.84 Å². The molecule has 1 saturated heterocycles. The number of aromatic amines is 1. The molecule has 0 bridgehead atoms. The largest absolute Gasteiger partial charge is 0.480 e. The first kappa shape index (κ1) is 12.6. The number of H-pyrrole nitrogens is 1. The van der Waals surface area contributed by atoms with E-state index in [9.17, 15) is 9.59 Å². The zero-order valence-electron chi connectivity index (χ0n) is 10.0. The van der Waals surface area contributed by atoms with E-state index in [0.717, 1.165) is 0 Å². The van der Waals surface area contributed by atoms with Crippen LogP contribution in [0.1, 0.15) is 12.7 Å². The van der Waals surface area contributed by atoms with Crippen LogP contribution in [0.15, 0.2) is 10.9 Å². The van der Waals surface area contributed by atoms with Crippen LogP contribution in [0.25, 0.3) is 0 Å². The Labute approximate surface area is 103 Å². The number of nitrogens with zero attached hydrogens (tertiary/aromatic N) is 2. The van der Waals surface area contributed by atoms with Crippen LogP contribution in [0.4, 0.5) is 5.82 Å². The van der Waals surface area contributed by atoms with E-state index in [1.54, 1.807) is 4.90 Å². The second-order valence-corrected chi connectivity index (χ2v) is 4.03. The number of hydrogen-bond donors (Lipinski definition) is 2. The average molecular weight is 253 g/mol. The van der Waals surface area contributed by atoms with Crippen molar-refractivity contribution in [3.8, 4) is 0 Å². The van der Waals surface area contributed by atoms with Crippen molar-refractivity contribution in [1.29, 1.82) is 0 Å². The highest BCUT2D eigenvalue weighted by Gasteiger charge is 2.30. The maximum atomic E-state index is 11.5. The molecule has 0 aliphatic carbocycles. The molecule has 7 nitrogen and oxygen atoms in total. The van der Waals surface area contributed by atoms with Gasteiger partial charge in [-0.25, -0.2) is 9.78 Å². The Kier molecular flexibility index (Phi) is 3.61. The van der Waals surface area contributed by atoms with Crippen LogP contribution in [-0.2, 0) is 16.0 Å². The van der Waals surface area contributed by atoms with E-state index in [1.165, 1.54) is 6.07 Å². The summed E-state index contributed by atoms with van der Waals surface area (Å²) in [5.74, 6) is -0.0331. The van der Waals surface area contributed by atoms with Crippen molar-refractivity contribution in [1.82, 2.24) is 9.97 Å². The number of aliphatic carboxylic acids is 1. The fraction of sp³-hybridized carbons (Fsp3) is 0.545. The van der Waals surface area contributed by atoms with Crippen molar-refractivity contribution in [2.45, 2.75) is 19.4 Å². The molecule has 2 heterocycles. The summed E-state index contributed by atoms with van der Waals surface area (Å²) in [6, 6.07) is 0.526. The number of nitrogens with one attached hydrogen (secondary N) is 1. The lowest BCUT2D eigenvalue weighted by Crippen LogP contribution is -2.50. The quantitative estimate of drug-likeness (QED) is 0.762. The number of carbonyl (C=O) groups is 1. The van der Waals surface area contributed by atoms with Crippen LogP contribution < -0.4 is 10.5 Å². The Balaban J connectivity index is 2.36. The highest BCUT2D eigenvalue weighted by molar-refractivity contribution is 5.78. The maximum absolute atomic E-state index is 11.5. The fourth-order valence-corrected chi connectivity index (χ4v) is 1.89. The second kappa shape index (κ2) is 5.18. The highest BCUT2D eigenvalue weighted by atomic mass is 16.5. The van der Waals surface area contributed by atoms with Crippen LogP contribution in [0.3, 0.4) is 0 Å². The summed E-state index contributed by atoms with van der Waals surface area (Å²) in [6.45, 7) is 2.82. The first-order chi connectivity index (χ1) is 8.61. The van der Waals surface area contributed by atoms with Gasteiger partial charge in [-0.05, 0) is 0 Å². The summed E-state index contributed by atoms with van der Waals surface area (Å²) < 4.78 is 5.15. The third-order valence-electron chi connectivity index (χ3n) is 2.82. The average Bonchev–Trinajstić information content (AvgIpc) is 2.38. The molecule has 7 heteroatoms. The molecule has 1 aliphatic rings. The minimum atomic E-state index is -0.977. The van der Waals surface area contributed by atoms with Gasteiger partial charge in [0.25, 0.3) is 5.56 Å². The first-order valence-electron chi connectivity index (χ1n) is 5.79. The molecular weight excluding hydrogens is 238 g/mol. The summed E-state index contributed by atoms with van der Waals surface area (Å²) >= 11 is 0. The lowest BCUT2D eigenvalue weighted by molar-refractivity contribution is -0.141. The van der Waals surface area contributed by atoms with E-state index >= 15 is 0 Å². The molecule has 0 radical (unpaired) electrons. The molecule has 2 rings (SSSR count). The van der Waals surface area contributed by atoms with Gasteiger partial charge in [0.1, 0.15) is 11.6 Å². The summed E-state index contributed by atoms with van der Waals surface area (Å²) in [7, 11) is 0. The van der Waals surface area contributed by atoms with Gasteiger partial charge in [-0.2, -0.15) is 0 Å². The van der Waals surface area contributed by atoms with Crippen LogP contribution in [0, 0.1) is 0 Å². The third kappa shape index (κ3) is 2.51. The summed E-state index contributed by atoms with van der Waals surface area (Å²) in [5, 5.41) is 9.13. The van der Waals surface area contributed by atoms with Gasteiger partial charge in [0.2, 0.25) is 0 Å². The molecule has 1 fully saturated rings. The topological polar surface area (TPSA) is 95.5 Å². The number of anilines is 1. The van der Waals surface area contributed by atoms with Crippen molar-refractivity contribution in [2.24, 2.45) is 0 Å². The third-order valence-corrected chi connectivity index (χ3v) is 2.82. The van der Waals surface area contributed by atoms with E-state index in [-0.39, 0.29) is 12.2 Å². The standard InChI is InChI=1S/C11H15N3O4/c1-2-8-12-9(5-10(15)13-8)14-3-4-18-6-7(14)11(16)17/h5,7H,2-4,6H2,1H3,(H,16,17)(H,12,13,15).